The molecule has 1 saturated heterocycles. The lowest BCUT2D eigenvalue weighted by Gasteiger charge is -2.16. The highest BCUT2D eigenvalue weighted by atomic mass is 32.1. The SMILES string of the molecule is CCCc1nnc(NC(=O)CN2C(=O)[C@H]3[C@H](C2=O)[C@H]2C=C[C@H]3C2)s1. The van der Waals surface area contributed by atoms with Crippen molar-refractivity contribution in [3.63, 3.8) is 0 Å². The molecule has 0 radical (unpaired) electrons. The summed E-state index contributed by atoms with van der Waals surface area (Å²) < 4.78 is 0. The summed E-state index contributed by atoms with van der Waals surface area (Å²) in [6.07, 6.45) is 6.74. The number of likely N-dealkylation sites (tertiary alicyclic amines) is 1. The van der Waals surface area contributed by atoms with Crippen LogP contribution in [0.15, 0.2) is 12.2 Å². The molecule has 1 aliphatic heterocycles. The van der Waals surface area contributed by atoms with Gasteiger partial charge in [-0.05, 0) is 24.7 Å². The van der Waals surface area contributed by atoms with E-state index in [9.17, 15) is 14.4 Å². The molecule has 24 heavy (non-hydrogen) atoms. The first-order valence-electron chi connectivity index (χ1n) is 8.24. The first-order chi connectivity index (χ1) is 11.6. The number of nitrogens with zero attached hydrogens (tertiary/aromatic N) is 3. The second kappa shape index (κ2) is 5.77. The predicted octanol–water partition coefficient (Wildman–Crippen LogP) is 1.24. The largest absolute Gasteiger partial charge is 0.299 e. The molecule has 0 unspecified atom stereocenters. The number of anilines is 1. The van der Waals surface area contributed by atoms with E-state index >= 15 is 0 Å². The van der Waals surface area contributed by atoms with Gasteiger partial charge < -0.3 is 0 Å². The van der Waals surface area contributed by atoms with Gasteiger partial charge in [0.15, 0.2) is 0 Å². The average molecular weight is 346 g/mol. The van der Waals surface area contributed by atoms with Crippen LogP contribution in [0, 0.1) is 23.7 Å². The summed E-state index contributed by atoms with van der Waals surface area (Å²) in [5.41, 5.74) is 0. The van der Waals surface area contributed by atoms with Crippen LogP contribution in [-0.2, 0) is 20.8 Å². The number of aromatic nitrogens is 2. The first-order valence-corrected chi connectivity index (χ1v) is 9.06. The van der Waals surface area contributed by atoms with Gasteiger partial charge in [-0.3, -0.25) is 24.6 Å². The van der Waals surface area contributed by atoms with E-state index in [-0.39, 0.29) is 42.0 Å². The molecule has 126 valence electrons. The summed E-state index contributed by atoms with van der Waals surface area (Å²) in [6, 6.07) is 0. The molecule has 0 spiro atoms. The number of amides is 3. The maximum atomic E-state index is 12.5. The van der Waals surface area contributed by atoms with Crippen LogP contribution >= 0.6 is 11.3 Å². The van der Waals surface area contributed by atoms with Gasteiger partial charge in [0.1, 0.15) is 11.6 Å². The smallest absolute Gasteiger partial charge is 0.246 e. The number of imide groups is 1. The Labute approximate surface area is 143 Å². The third kappa shape index (κ3) is 2.36. The molecule has 4 rings (SSSR count). The standard InChI is InChI=1S/C16H18N4O3S/c1-2-3-11-18-19-16(24-11)17-10(21)7-20-14(22)12-8-4-5-9(6-8)13(12)15(20)23/h4-5,8-9,12-13H,2-3,6-7H2,1H3,(H,17,19,21)/t8-,9-,12+,13+/m0/s1. The van der Waals surface area contributed by atoms with Crippen molar-refractivity contribution in [1.29, 1.82) is 0 Å². The molecule has 3 aliphatic rings. The highest BCUT2D eigenvalue weighted by Gasteiger charge is 2.59. The number of rotatable bonds is 5. The normalized spacial score (nSPS) is 30.3. The summed E-state index contributed by atoms with van der Waals surface area (Å²) >= 11 is 1.32. The van der Waals surface area contributed by atoms with E-state index in [0.717, 1.165) is 29.2 Å². The van der Waals surface area contributed by atoms with Crippen LogP contribution in [0.1, 0.15) is 24.8 Å². The molecule has 4 atom stereocenters. The zero-order valence-corrected chi connectivity index (χ0v) is 14.1. The minimum atomic E-state index is -0.406. The quantitative estimate of drug-likeness (QED) is 0.640. The van der Waals surface area contributed by atoms with E-state index in [1.54, 1.807) is 0 Å². The highest BCUT2D eigenvalue weighted by molar-refractivity contribution is 7.15. The number of carbonyl (C=O) groups is 3. The van der Waals surface area contributed by atoms with Crippen molar-refractivity contribution in [2.24, 2.45) is 23.7 Å². The molecule has 3 amide bonds. The van der Waals surface area contributed by atoms with Gasteiger partial charge in [0, 0.05) is 6.42 Å². The molecule has 2 bridgehead atoms. The van der Waals surface area contributed by atoms with E-state index in [0.29, 0.717) is 5.13 Å². The lowest BCUT2D eigenvalue weighted by atomic mass is 9.85. The Morgan fingerprint density at radius 1 is 1.25 bits per heavy atom. The van der Waals surface area contributed by atoms with Gasteiger partial charge in [-0.1, -0.05) is 30.4 Å². The van der Waals surface area contributed by atoms with E-state index < -0.39 is 5.91 Å². The van der Waals surface area contributed by atoms with E-state index in [1.807, 2.05) is 19.1 Å². The molecule has 1 N–H and O–H groups in total. The zero-order valence-electron chi connectivity index (χ0n) is 13.3. The number of nitrogens with one attached hydrogen (secondary N) is 1. The van der Waals surface area contributed by atoms with Crippen molar-refractivity contribution in [3.05, 3.63) is 17.2 Å². The highest BCUT2D eigenvalue weighted by Crippen LogP contribution is 2.52. The van der Waals surface area contributed by atoms with Crippen LogP contribution in [0.3, 0.4) is 0 Å². The molecule has 1 aromatic heterocycles. The number of fused-ring (bicyclic) bond motifs is 5. The number of hydrogen-bond acceptors (Lipinski definition) is 6. The lowest BCUT2D eigenvalue weighted by Crippen LogP contribution is -2.39. The van der Waals surface area contributed by atoms with Crippen molar-refractivity contribution >= 4 is 34.2 Å². The third-order valence-electron chi connectivity index (χ3n) is 5.04. The van der Waals surface area contributed by atoms with Crippen LogP contribution in [0.2, 0.25) is 0 Å². The molecule has 0 aromatic carbocycles. The van der Waals surface area contributed by atoms with Gasteiger partial charge in [0.2, 0.25) is 22.9 Å². The fraction of sp³-hybridized carbons (Fsp3) is 0.562. The Bertz CT molecular complexity index is 713. The Morgan fingerprint density at radius 3 is 2.54 bits per heavy atom. The summed E-state index contributed by atoms with van der Waals surface area (Å²) in [5.74, 6) is -1.04. The number of allylic oxidation sites excluding steroid dienone is 2. The molecular weight excluding hydrogens is 328 g/mol. The van der Waals surface area contributed by atoms with Crippen LogP contribution < -0.4 is 5.32 Å². The van der Waals surface area contributed by atoms with Gasteiger partial charge in [-0.2, -0.15) is 0 Å². The van der Waals surface area contributed by atoms with Crippen molar-refractivity contribution in [2.75, 3.05) is 11.9 Å². The van der Waals surface area contributed by atoms with Gasteiger partial charge in [0.25, 0.3) is 0 Å². The van der Waals surface area contributed by atoms with Crippen molar-refractivity contribution in [3.8, 4) is 0 Å². The minimum absolute atomic E-state index is 0.157. The van der Waals surface area contributed by atoms with Crippen molar-refractivity contribution < 1.29 is 14.4 Å². The Morgan fingerprint density at radius 2 is 1.92 bits per heavy atom. The molecule has 2 aliphatic carbocycles. The van der Waals surface area contributed by atoms with Gasteiger partial charge in [-0.15, -0.1) is 10.2 Å². The number of carbonyl (C=O) groups excluding carboxylic acids is 3. The van der Waals surface area contributed by atoms with Gasteiger partial charge in [-0.25, -0.2) is 0 Å². The molecular formula is C16H18N4O3S. The second-order valence-corrected chi connectivity index (χ2v) is 7.62. The van der Waals surface area contributed by atoms with E-state index in [4.69, 9.17) is 0 Å². The average Bonchev–Trinajstić information content (AvgIpc) is 3.30. The van der Waals surface area contributed by atoms with Crippen LogP contribution in [0.5, 0.6) is 0 Å². The molecule has 2 fully saturated rings. The predicted molar refractivity (Wildman–Crippen MR) is 87.0 cm³/mol. The van der Waals surface area contributed by atoms with Crippen molar-refractivity contribution in [1.82, 2.24) is 15.1 Å². The fourth-order valence-corrected chi connectivity index (χ4v) is 4.90. The Kier molecular flexibility index (Phi) is 3.71. The fourth-order valence-electron chi connectivity index (χ4n) is 4.04. The number of aryl methyl sites for hydroxylation is 1. The van der Waals surface area contributed by atoms with Gasteiger partial charge in [0.05, 0.1) is 11.8 Å². The summed E-state index contributed by atoms with van der Waals surface area (Å²) in [7, 11) is 0. The summed E-state index contributed by atoms with van der Waals surface area (Å²) in [4.78, 5) is 38.4. The second-order valence-electron chi connectivity index (χ2n) is 6.56. The number of hydrogen-bond donors (Lipinski definition) is 1. The molecule has 8 heteroatoms. The lowest BCUT2D eigenvalue weighted by molar-refractivity contribution is -0.143. The Balaban J connectivity index is 1.41. The minimum Gasteiger partial charge on any atom is -0.299 e. The molecule has 1 aromatic rings. The molecule has 7 nitrogen and oxygen atoms in total. The maximum Gasteiger partial charge on any atom is 0.246 e. The van der Waals surface area contributed by atoms with E-state index in [2.05, 4.69) is 15.5 Å². The van der Waals surface area contributed by atoms with Crippen LogP contribution in [0.25, 0.3) is 0 Å². The summed E-state index contributed by atoms with van der Waals surface area (Å²) in [5, 5.41) is 11.8. The van der Waals surface area contributed by atoms with Crippen LogP contribution in [-0.4, -0.2) is 39.4 Å². The Hall–Kier alpha value is -2.09. The third-order valence-corrected chi connectivity index (χ3v) is 5.94. The maximum absolute atomic E-state index is 12.5. The van der Waals surface area contributed by atoms with Crippen molar-refractivity contribution in [2.45, 2.75) is 26.2 Å². The zero-order chi connectivity index (χ0) is 16.8. The van der Waals surface area contributed by atoms with E-state index in [1.165, 1.54) is 11.3 Å². The van der Waals surface area contributed by atoms with Gasteiger partial charge >= 0.3 is 0 Å². The first kappa shape index (κ1) is 15.4. The monoisotopic (exact) mass is 346 g/mol. The molecule has 2 heterocycles. The topological polar surface area (TPSA) is 92.3 Å². The molecule has 1 saturated carbocycles. The van der Waals surface area contributed by atoms with Crippen LogP contribution in [0.4, 0.5) is 5.13 Å². The summed E-state index contributed by atoms with van der Waals surface area (Å²) in [6.45, 7) is 1.80.